The molecule has 2 amide bonds. The average molecular weight is 418 g/mol. The summed E-state index contributed by atoms with van der Waals surface area (Å²) in [4.78, 5) is 36.2. The fourth-order valence-corrected chi connectivity index (χ4v) is 3.25. The van der Waals surface area contributed by atoms with Crippen LogP contribution in [0.4, 0.5) is 0 Å². The van der Waals surface area contributed by atoms with Crippen molar-refractivity contribution in [3.05, 3.63) is 48.0 Å². The Morgan fingerprint density at radius 1 is 1.00 bits per heavy atom. The Balaban J connectivity index is 1.94. The molecule has 2 atom stereocenters. The molecule has 0 aliphatic rings. The zero-order valence-corrected chi connectivity index (χ0v) is 17.0. The third-order valence-corrected chi connectivity index (χ3v) is 4.94. The van der Waals surface area contributed by atoms with Crippen LogP contribution in [0.15, 0.2) is 42.5 Å². The Kier molecular flexibility index (Phi) is 8.95. The lowest BCUT2D eigenvalue weighted by Crippen LogP contribution is -2.52. The number of unbranched alkanes of at least 4 members (excludes halogenated alkanes) is 1. The molecule has 1 unspecified atom stereocenters. The number of benzene rings is 2. The van der Waals surface area contributed by atoms with Gasteiger partial charge in [0.15, 0.2) is 0 Å². The van der Waals surface area contributed by atoms with E-state index in [1.807, 2.05) is 42.5 Å². The molecule has 2 rings (SSSR count). The molecule has 0 spiro atoms. The van der Waals surface area contributed by atoms with E-state index < -0.39 is 24.0 Å². The van der Waals surface area contributed by atoms with E-state index in [1.54, 1.807) is 0 Å². The van der Waals surface area contributed by atoms with Gasteiger partial charge in [-0.25, -0.2) is 4.79 Å². The lowest BCUT2D eigenvalue weighted by molar-refractivity contribution is -0.142. The van der Waals surface area contributed by atoms with Gasteiger partial charge in [0.1, 0.15) is 12.1 Å². The molecule has 0 aliphatic carbocycles. The second kappa shape index (κ2) is 11.4. The topological polar surface area (TPSA) is 122 Å². The van der Waals surface area contributed by atoms with Gasteiger partial charge in [-0.3, -0.25) is 9.59 Å². The normalized spacial score (nSPS) is 12.9. The number of carboxylic acid groups (broad SMARTS) is 1. The van der Waals surface area contributed by atoms with Crippen LogP contribution >= 0.6 is 12.6 Å². The average Bonchev–Trinajstić information content (AvgIpc) is 2.71. The first-order valence-electron chi connectivity index (χ1n) is 9.55. The van der Waals surface area contributed by atoms with Gasteiger partial charge in [-0.15, -0.1) is 0 Å². The lowest BCUT2D eigenvalue weighted by atomic mass is 10.0. The first kappa shape index (κ1) is 22.7. The fraction of sp³-hybridized carbons (Fsp3) is 0.381. The summed E-state index contributed by atoms with van der Waals surface area (Å²) in [5.41, 5.74) is 6.24. The molecule has 2 aromatic carbocycles. The van der Waals surface area contributed by atoms with Crippen molar-refractivity contribution in [3.8, 4) is 0 Å². The number of nitrogens with one attached hydrogen (secondary N) is 2. The zero-order chi connectivity index (χ0) is 21.2. The van der Waals surface area contributed by atoms with Gasteiger partial charge < -0.3 is 21.5 Å². The van der Waals surface area contributed by atoms with Crippen molar-refractivity contribution in [2.24, 2.45) is 5.73 Å². The Morgan fingerprint density at radius 3 is 2.38 bits per heavy atom. The molecule has 0 fully saturated rings. The maximum Gasteiger partial charge on any atom is 0.326 e. The van der Waals surface area contributed by atoms with Gasteiger partial charge in [-0.1, -0.05) is 42.5 Å². The molecule has 0 saturated carbocycles. The van der Waals surface area contributed by atoms with Crippen molar-refractivity contribution < 1.29 is 19.5 Å². The van der Waals surface area contributed by atoms with Crippen molar-refractivity contribution in [2.75, 3.05) is 12.3 Å². The number of thiol groups is 1. The third-order valence-electron chi connectivity index (χ3n) is 4.57. The second-order valence-corrected chi connectivity index (χ2v) is 7.21. The molecule has 156 valence electrons. The summed E-state index contributed by atoms with van der Waals surface area (Å²) in [6.07, 6.45) is 1.66. The number of aliphatic carboxylic acids is 1. The van der Waals surface area contributed by atoms with Crippen LogP contribution in [0.25, 0.3) is 10.8 Å². The number of hydrogen-bond acceptors (Lipinski definition) is 5. The van der Waals surface area contributed by atoms with Crippen LogP contribution in [0.1, 0.15) is 24.8 Å². The van der Waals surface area contributed by atoms with Crippen LogP contribution in [-0.2, 0) is 20.8 Å². The van der Waals surface area contributed by atoms with Crippen molar-refractivity contribution in [1.29, 1.82) is 0 Å². The maximum absolute atomic E-state index is 12.4. The molecule has 29 heavy (non-hydrogen) atoms. The van der Waals surface area contributed by atoms with Gasteiger partial charge in [0, 0.05) is 5.75 Å². The summed E-state index contributed by atoms with van der Waals surface area (Å²) in [5.74, 6) is -1.95. The Labute approximate surface area is 175 Å². The van der Waals surface area contributed by atoms with E-state index in [0.717, 1.165) is 16.3 Å². The molecule has 8 heteroatoms. The van der Waals surface area contributed by atoms with Crippen LogP contribution in [-0.4, -0.2) is 47.3 Å². The molecule has 5 N–H and O–H groups in total. The highest BCUT2D eigenvalue weighted by Gasteiger charge is 2.25. The van der Waals surface area contributed by atoms with E-state index in [9.17, 15) is 19.5 Å². The van der Waals surface area contributed by atoms with Crippen LogP contribution in [0.2, 0.25) is 0 Å². The minimum Gasteiger partial charge on any atom is -0.480 e. The smallest absolute Gasteiger partial charge is 0.326 e. The van der Waals surface area contributed by atoms with Crippen LogP contribution in [0, 0.1) is 0 Å². The maximum atomic E-state index is 12.4. The molecule has 0 aromatic heterocycles. The van der Waals surface area contributed by atoms with Crippen LogP contribution < -0.4 is 16.4 Å². The number of amides is 2. The summed E-state index contributed by atoms with van der Waals surface area (Å²) >= 11 is 4.12. The molecular formula is C21H27N3O4S. The summed E-state index contributed by atoms with van der Waals surface area (Å²) in [7, 11) is 0. The predicted molar refractivity (Wildman–Crippen MR) is 116 cm³/mol. The SMILES string of the molecule is NCCCC[C@H](NC(=O)C(CS)NC(=O)Cc1ccc2ccccc2c1)C(=O)O. The zero-order valence-electron chi connectivity index (χ0n) is 16.1. The molecule has 0 saturated heterocycles. The van der Waals surface area contributed by atoms with E-state index in [1.165, 1.54) is 0 Å². The first-order chi connectivity index (χ1) is 13.9. The van der Waals surface area contributed by atoms with Crippen LogP contribution in [0.3, 0.4) is 0 Å². The van der Waals surface area contributed by atoms with Crippen molar-refractivity contribution in [1.82, 2.24) is 10.6 Å². The second-order valence-electron chi connectivity index (χ2n) is 6.84. The quantitative estimate of drug-likeness (QED) is 0.280. The highest BCUT2D eigenvalue weighted by molar-refractivity contribution is 7.80. The third kappa shape index (κ3) is 7.07. The molecule has 0 aliphatic heterocycles. The summed E-state index contributed by atoms with van der Waals surface area (Å²) < 4.78 is 0. The summed E-state index contributed by atoms with van der Waals surface area (Å²) in [5, 5.41) is 16.5. The van der Waals surface area contributed by atoms with Crippen molar-refractivity contribution in [3.63, 3.8) is 0 Å². The lowest BCUT2D eigenvalue weighted by Gasteiger charge is -2.20. The Morgan fingerprint density at radius 2 is 1.72 bits per heavy atom. The van der Waals surface area contributed by atoms with E-state index >= 15 is 0 Å². The highest BCUT2D eigenvalue weighted by Crippen LogP contribution is 2.16. The fourth-order valence-electron chi connectivity index (χ4n) is 3.00. The monoisotopic (exact) mass is 417 g/mol. The highest BCUT2D eigenvalue weighted by atomic mass is 32.1. The Hall–Kier alpha value is -2.58. The number of hydrogen-bond donors (Lipinski definition) is 5. The van der Waals surface area contributed by atoms with Gasteiger partial charge in [0.05, 0.1) is 6.42 Å². The van der Waals surface area contributed by atoms with E-state index in [0.29, 0.717) is 19.4 Å². The molecule has 0 heterocycles. The minimum absolute atomic E-state index is 0.0600. The summed E-state index contributed by atoms with van der Waals surface area (Å²) in [6, 6.07) is 11.7. The van der Waals surface area contributed by atoms with Gasteiger partial charge in [0.2, 0.25) is 11.8 Å². The molecule has 7 nitrogen and oxygen atoms in total. The summed E-state index contributed by atoms with van der Waals surface area (Å²) in [6.45, 7) is 0.463. The van der Waals surface area contributed by atoms with Crippen LogP contribution in [0.5, 0.6) is 0 Å². The molecule has 0 radical (unpaired) electrons. The number of rotatable bonds is 11. The largest absolute Gasteiger partial charge is 0.480 e. The number of nitrogens with two attached hydrogens (primary N) is 1. The number of carbonyl (C=O) groups is 3. The first-order valence-corrected chi connectivity index (χ1v) is 10.2. The van der Waals surface area contributed by atoms with Gasteiger partial charge in [-0.05, 0) is 42.1 Å². The minimum atomic E-state index is -1.12. The van der Waals surface area contributed by atoms with E-state index in [2.05, 4.69) is 23.3 Å². The number of carbonyl (C=O) groups excluding carboxylic acids is 2. The standard InChI is InChI=1S/C21H27N3O4S/c22-10-4-3-7-17(21(27)28)24-20(26)18(13-29)23-19(25)12-14-8-9-15-5-1-2-6-16(15)11-14/h1-2,5-6,8-9,11,17-18,29H,3-4,7,10,12-13,22H2,(H,23,25)(H,24,26)(H,27,28)/t17-,18?/m0/s1. The number of fused-ring (bicyclic) bond motifs is 1. The van der Waals surface area contributed by atoms with E-state index in [4.69, 9.17) is 5.73 Å². The Bertz CT molecular complexity index is 859. The van der Waals surface area contributed by atoms with Crippen molar-refractivity contribution >= 4 is 41.2 Å². The van der Waals surface area contributed by atoms with Gasteiger partial charge in [-0.2, -0.15) is 12.6 Å². The predicted octanol–water partition coefficient (Wildman–Crippen LogP) is 1.50. The van der Waals surface area contributed by atoms with Gasteiger partial charge in [0.25, 0.3) is 0 Å². The molecule has 2 aromatic rings. The van der Waals surface area contributed by atoms with Crippen molar-refractivity contribution in [2.45, 2.75) is 37.8 Å². The van der Waals surface area contributed by atoms with E-state index in [-0.39, 0.29) is 24.5 Å². The van der Waals surface area contributed by atoms with Gasteiger partial charge >= 0.3 is 5.97 Å². The number of carboxylic acids is 1. The molecule has 0 bridgehead atoms. The molecular weight excluding hydrogens is 390 g/mol.